The van der Waals surface area contributed by atoms with E-state index in [0.29, 0.717) is 22.9 Å². The van der Waals surface area contributed by atoms with Crippen LogP contribution in [-0.4, -0.2) is 32.2 Å². The lowest BCUT2D eigenvalue weighted by atomic mass is 10.1. The summed E-state index contributed by atoms with van der Waals surface area (Å²) in [5.41, 5.74) is 6.73. The minimum Gasteiger partial charge on any atom is -0.382 e. The van der Waals surface area contributed by atoms with Crippen molar-refractivity contribution >= 4 is 5.84 Å². The first-order valence-electron chi connectivity index (χ1n) is 5.91. The summed E-state index contributed by atoms with van der Waals surface area (Å²) in [6, 6.07) is 0. The van der Waals surface area contributed by atoms with Crippen LogP contribution in [0.4, 0.5) is 13.2 Å². The Morgan fingerprint density at radius 2 is 2.05 bits per heavy atom. The lowest BCUT2D eigenvalue weighted by Gasteiger charge is -2.10. The molecular weight excluding hydrogens is 273 g/mol. The quantitative estimate of drug-likeness (QED) is 0.588. The molecule has 0 saturated heterocycles. The lowest BCUT2D eigenvalue weighted by molar-refractivity contribution is -0.135. The van der Waals surface area contributed by atoms with Gasteiger partial charge in [0.15, 0.2) is 5.82 Å². The first-order chi connectivity index (χ1) is 9.28. The van der Waals surface area contributed by atoms with Crippen LogP contribution in [-0.2, 0) is 6.42 Å². The van der Waals surface area contributed by atoms with E-state index in [1.165, 1.54) is 0 Å². The van der Waals surface area contributed by atoms with E-state index in [2.05, 4.69) is 20.2 Å². The molecule has 6 nitrogen and oxygen atoms in total. The van der Waals surface area contributed by atoms with Gasteiger partial charge in [0.25, 0.3) is 0 Å². The minimum absolute atomic E-state index is 0.0943. The summed E-state index contributed by atoms with van der Waals surface area (Å²) in [6.45, 7) is 1.70. The summed E-state index contributed by atoms with van der Waals surface area (Å²) in [7, 11) is 0. The predicted molar refractivity (Wildman–Crippen MR) is 65.5 cm³/mol. The molecule has 9 heteroatoms. The molecular formula is C11H13F3N6. The van der Waals surface area contributed by atoms with Crippen molar-refractivity contribution in [1.82, 2.24) is 20.2 Å². The maximum absolute atomic E-state index is 12.1. The summed E-state index contributed by atoms with van der Waals surface area (Å²) in [6.07, 6.45) is -5.07. The van der Waals surface area contributed by atoms with Gasteiger partial charge in [0.05, 0.1) is 11.3 Å². The Kier molecular flexibility index (Phi) is 3.60. The predicted octanol–water partition coefficient (Wildman–Crippen LogP) is 1.78. The molecule has 0 amide bonds. The van der Waals surface area contributed by atoms with E-state index in [1.807, 2.05) is 0 Å². The van der Waals surface area contributed by atoms with Gasteiger partial charge in [-0.2, -0.15) is 18.3 Å². The minimum atomic E-state index is -4.19. The number of amidine groups is 1. The van der Waals surface area contributed by atoms with Crippen molar-refractivity contribution in [3.05, 3.63) is 17.2 Å². The average Bonchev–Trinajstić information content (AvgIpc) is 2.68. The number of nitrogens with one attached hydrogen (secondary N) is 2. The Morgan fingerprint density at radius 3 is 2.65 bits per heavy atom. The standard InChI is InChI=1S/C11H13F3N6/c1-5-7-8(9(15)16)17-6(18-10(7)20-19-5)3-2-4-11(12,13)14/h2-4H2,1H3,(H3,15,16)(H,17,18,19,20). The summed E-state index contributed by atoms with van der Waals surface area (Å²) >= 11 is 0. The molecule has 2 aliphatic heterocycles. The molecule has 0 aromatic carbocycles. The monoisotopic (exact) mass is 286 g/mol. The van der Waals surface area contributed by atoms with Gasteiger partial charge in [-0.15, -0.1) is 5.10 Å². The van der Waals surface area contributed by atoms with Crippen LogP contribution in [0.3, 0.4) is 0 Å². The number of rotatable bonds is 4. The van der Waals surface area contributed by atoms with Crippen molar-refractivity contribution in [2.75, 3.05) is 0 Å². The number of H-pyrrole nitrogens is 1. The molecule has 4 N–H and O–H groups in total. The van der Waals surface area contributed by atoms with Crippen molar-refractivity contribution in [3.63, 3.8) is 0 Å². The van der Waals surface area contributed by atoms with Gasteiger partial charge >= 0.3 is 6.18 Å². The second-order valence-corrected chi connectivity index (χ2v) is 4.42. The van der Waals surface area contributed by atoms with E-state index in [9.17, 15) is 13.2 Å². The largest absolute Gasteiger partial charge is 0.389 e. The van der Waals surface area contributed by atoms with E-state index >= 15 is 0 Å². The maximum Gasteiger partial charge on any atom is 0.389 e. The Labute approximate surface area is 112 Å². The smallest absolute Gasteiger partial charge is 0.382 e. The lowest BCUT2D eigenvalue weighted by Crippen LogP contribution is -2.18. The van der Waals surface area contributed by atoms with E-state index < -0.39 is 12.6 Å². The van der Waals surface area contributed by atoms with Crippen LogP contribution >= 0.6 is 0 Å². The second-order valence-electron chi connectivity index (χ2n) is 4.42. The first-order valence-corrected chi connectivity index (χ1v) is 5.91. The van der Waals surface area contributed by atoms with Crippen LogP contribution < -0.4 is 5.73 Å². The highest BCUT2D eigenvalue weighted by Gasteiger charge is 2.26. The molecule has 0 fully saturated rings. The van der Waals surface area contributed by atoms with E-state index in [0.717, 1.165) is 0 Å². The number of alkyl halides is 3. The van der Waals surface area contributed by atoms with Crippen LogP contribution in [0.15, 0.2) is 0 Å². The number of nitrogens with zero attached hydrogens (tertiary/aromatic N) is 3. The number of aryl methyl sites for hydroxylation is 2. The molecule has 0 spiro atoms. The SMILES string of the molecule is Cc1nnc2[nH]c(CCCC(F)(F)F)nc(C(=N)N)c1-2. The zero-order chi connectivity index (χ0) is 14.9. The third-order valence-corrected chi connectivity index (χ3v) is 2.77. The van der Waals surface area contributed by atoms with Crippen molar-refractivity contribution in [2.45, 2.75) is 32.4 Å². The topological polar surface area (TPSA) is 104 Å². The van der Waals surface area contributed by atoms with Gasteiger partial charge in [-0.3, -0.25) is 5.41 Å². The zero-order valence-electron chi connectivity index (χ0n) is 10.7. The molecule has 108 valence electrons. The van der Waals surface area contributed by atoms with Crippen LogP contribution in [0.5, 0.6) is 0 Å². The molecule has 0 saturated carbocycles. The zero-order valence-corrected chi connectivity index (χ0v) is 10.7. The number of halogens is 3. The van der Waals surface area contributed by atoms with Crippen LogP contribution in [0.2, 0.25) is 0 Å². The Morgan fingerprint density at radius 1 is 1.35 bits per heavy atom. The van der Waals surface area contributed by atoms with Crippen molar-refractivity contribution in [2.24, 2.45) is 5.73 Å². The molecule has 0 bridgehead atoms. The number of hydrogen-bond acceptors (Lipinski definition) is 4. The number of nitrogen functional groups attached to an aromatic ring is 1. The Balaban J connectivity index is 2.27. The summed E-state index contributed by atoms with van der Waals surface area (Å²) in [4.78, 5) is 6.93. The molecule has 2 aliphatic rings. The summed E-state index contributed by atoms with van der Waals surface area (Å²) in [5.74, 6) is 0.426. The summed E-state index contributed by atoms with van der Waals surface area (Å²) < 4.78 is 36.3. The number of nitrogens with two attached hydrogens (primary N) is 1. The molecule has 20 heavy (non-hydrogen) atoms. The van der Waals surface area contributed by atoms with E-state index in [1.54, 1.807) is 6.92 Å². The molecule has 0 aromatic heterocycles. The van der Waals surface area contributed by atoms with Gasteiger partial charge in [0.1, 0.15) is 17.4 Å². The number of aromatic nitrogens is 4. The third kappa shape index (κ3) is 3.03. The molecule has 0 aliphatic carbocycles. The van der Waals surface area contributed by atoms with Crippen molar-refractivity contribution in [3.8, 4) is 11.4 Å². The van der Waals surface area contributed by atoms with Gasteiger partial charge in [-0.05, 0) is 13.3 Å². The fourth-order valence-electron chi connectivity index (χ4n) is 1.89. The van der Waals surface area contributed by atoms with Gasteiger partial charge in [-0.1, -0.05) is 0 Å². The molecule has 2 heterocycles. The average molecular weight is 286 g/mol. The number of fused-ring (bicyclic) bond motifs is 1. The highest BCUT2D eigenvalue weighted by molar-refractivity contribution is 5.99. The van der Waals surface area contributed by atoms with Gasteiger partial charge in [-0.25, -0.2) is 4.98 Å². The van der Waals surface area contributed by atoms with Gasteiger partial charge in [0, 0.05) is 12.8 Å². The molecule has 0 unspecified atom stereocenters. The van der Waals surface area contributed by atoms with Crippen molar-refractivity contribution < 1.29 is 13.2 Å². The highest BCUT2D eigenvalue weighted by atomic mass is 19.4. The van der Waals surface area contributed by atoms with Crippen molar-refractivity contribution in [1.29, 1.82) is 5.41 Å². The molecule has 0 aromatic rings. The van der Waals surface area contributed by atoms with Crippen LogP contribution in [0, 0.1) is 12.3 Å². The first kappa shape index (κ1) is 14.2. The maximum atomic E-state index is 12.1. The summed E-state index contributed by atoms with van der Waals surface area (Å²) in [5, 5.41) is 15.2. The van der Waals surface area contributed by atoms with E-state index in [4.69, 9.17) is 11.1 Å². The fourth-order valence-corrected chi connectivity index (χ4v) is 1.89. The van der Waals surface area contributed by atoms with Crippen LogP contribution in [0.25, 0.3) is 11.4 Å². The Hall–Kier alpha value is -2.19. The normalized spacial score (nSPS) is 12.0. The van der Waals surface area contributed by atoms with Gasteiger partial charge < -0.3 is 10.7 Å². The molecule has 0 radical (unpaired) electrons. The third-order valence-electron chi connectivity index (χ3n) is 2.77. The highest BCUT2D eigenvalue weighted by Crippen LogP contribution is 2.25. The molecule has 0 atom stereocenters. The second kappa shape index (κ2) is 5.06. The number of hydrogen-bond donors (Lipinski definition) is 3. The molecule has 2 rings (SSSR count). The van der Waals surface area contributed by atoms with E-state index in [-0.39, 0.29) is 24.4 Å². The Bertz CT molecular complexity index is 603. The fraction of sp³-hybridized carbons (Fsp3) is 0.455. The van der Waals surface area contributed by atoms with Gasteiger partial charge in [0.2, 0.25) is 0 Å². The number of aromatic amines is 1. The van der Waals surface area contributed by atoms with Crippen LogP contribution in [0.1, 0.15) is 30.1 Å².